The first-order chi connectivity index (χ1) is 10.0. The van der Waals surface area contributed by atoms with E-state index >= 15 is 0 Å². The number of nitrogens with one attached hydrogen (secondary N) is 1. The summed E-state index contributed by atoms with van der Waals surface area (Å²) >= 11 is 8.36. The lowest BCUT2D eigenvalue weighted by Crippen LogP contribution is -2.18. The van der Waals surface area contributed by atoms with Crippen LogP contribution in [0, 0.1) is 0 Å². The van der Waals surface area contributed by atoms with Gasteiger partial charge in [0.1, 0.15) is 10.7 Å². The van der Waals surface area contributed by atoms with Crippen LogP contribution in [0.5, 0.6) is 5.75 Å². The quantitative estimate of drug-likeness (QED) is 0.816. The summed E-state index contributed by atoms with van der Waals surface area (Å²) in [5.41, 5.74) is 7.29. The molecule has 4 nitrogen and oxygen atoms in total. The molecule has 0 aliphatic heterocycles. The number of carbonyl (C=O) groups is 1. The van der Waals surface area contributed by atoms with Gasteiger partial charge in [-0.3, -0.25) is 4.79 Å². The van der Waals surface area contributed by atoms with Crippen LogP contribution in [0.3, 0.4) is 0 Å². The van der Waals surface area contributed by atoms with E-state index in [1.54, 1.807) is 42.5 Å². The van der Waals surface area contributed by atoms with Crippen LogP contribution in [0.25, 0.3) is 0 Å². The monoisotopic (exact) mass is 364 g/mol. The first-order valence-electron chi connectivity index (χ1n) is 6.06. The number of anilines is 1. The third kappa shape index (κ3) is 3.59. The number of thiocarbonyl (C=S) groups is 1. The number of benzene rings is 2. The lowest BCUT2D eigenvalue weighted by molar-refractivity contribution is 0.102. The third-order valence-corrected chi connectivity index (χ3v) is 3.56. The van der Waals surface area contributed by atoms with Gasteiger partial charge in [-0.25, -0.2) is 0 Å². The minimum absolute atomic E-state index is 0.214. The molecule has 108 valence electrons. The van der Waals surface area contributed by atoms with Crippen LogP contribution < -0.4 is 15.8 Å². The summed E-state index contributed by atoms with van der Waals surface area (Å²) < 4.78 is 6.02. The van der Waals surface area contributed by atoms with Crippen LogP contribution in [-0.4, -0.2) is 18.0 Å². The van der Waals surface area contributed by atoms with Crippen molar-refractivity contribution < 1.29 is 9.53 Å². The van der Waals surface area contributed by atoms with E-state index in [1.165, 1.54) is 7.11 Å². The van der Waals surface area contributed by atoms with Gasteiger partial charge in [0.15, 0.2) is 0 Å². The summed E-state index contributed by atoms with van der Waals surface area (Å²) in [5.74, 6) is 0.219. The smallest absolute Gasteiger partial charge is 0.259 e. The minimum atomic E-state index is -0.285. The van der Waals surface area contributed by atoms with Crippen molar-refractivity contribution >= 4 is 44.7 Å². The predicted molar refractivity (Wildman–Crippen MR) is 91.0 cm³/mol. The minimum Gasteiger partial charge on any atom is -0.496 e. The Morgan fingerprint density at radius 3 is 2.62 bits per heavy atom. The van der Waals surface area contributed by atoms with Crippen molar-refractivity contribution in [2.45, 2.75) is 0 Å². The molecule has 0 saturated heterocycles. The number of hydrogen-bond acceptors (Lipinski definition) is 3. The number of rotatable bonds is 4. The molecule has 0 radical (unpaired) electrons. The van der Waals surface area contributed by atoms with Crippen LogP contribution in [0.4, 0.5) is 5.69 Å². The van der Waals surface area contributed by atoms with Crippen molar-refractivity contribution in [2.24, 2.45) is 5.73 Å². The second kappa shape index (κ2) is 6.69. The van der Waals surface area contributed by atoms with E-state index in [0.29, 0.717) is 22.6 Å². The Balaban J connectivity index is 2.34. The molecule has 0 aliphatic rings. The predicted octanol–water partition coefficient (Wildman–Crippen LogP) is 3.34. The van der Waals surface area contributed by atoms with Crippen molar-refractivity contribution in [3.63, 3.8) is 0 Å². The SMILES string of the molecule is COc1ccccc1C(=O)Nc1ccc(Br)cc1C(N)=S. The Morgan fingerprint density at radius 1 is 1.24 bits per heavy atom. The summed E-state index contributed by atoms with van der Waals surface area (Å²) in [6.07, 6.45) is 0. The number of amides is 1. The third-order valence-electron chi connectivity index (χ3n) is 2.85. The van der Waals surface area contributed by atoms with E-state index in [1.807, 2.05) is 0 Å². The van der Waals surface area contributed by atoms with Gasteiger partial charge in [-0.1, -0.05) is 40.3 Å². The second-order valence-electron chi connectivity index (χ2n) is 4.21. The fourth-order valence-electron chi connectivity index (χ4n) is 1.85. The Hall–Kier alpha value is -1.92. The standard InChI is InChI=1S/C15H13BrN2O2S/c1-20-13-5-3-2-4-10(13)15(19)18-12-7-6-9(16)8-11(12)14(17)21/h2-8H,1H3,(H2,17,21)(H,18,19). The normalized spacial score (nSPS) is 10.0. The number of methoxy groups -OCH3 is 1. The van der Waals surface area contributed by atoms with Crippen molar-refractivity contribution in [2.75, 3.05) is 12.4 Å². The molecular formula is C15H13BrN2O2S. The zero-order valence-electron chi connectivity index (χ0n) is 11.2. The molecule has 2 rings (SSSR count). The molecule has 6 heteroatoms. The number of nitrogens with two attached hydrogens (primary N) is 1. The molecule has 0 saturated carbocycles. The Morgan fingerprint density at radius 2 is 1.95 bits per heavy atom. The summed E-state index contributed by atoms with van der Waals surface area (Å²) in [5, 5.41) is 2.80. The van der Waals surface area contributed by atoms with Gasteiger partial charge in [0.05, 0.1) is 18.4 Å². The molecule has 2 aromatic rings. The summed E-state index contributed by atoms with van der Waals surface area (Å²) in [6, 6.07) is 12.3. The fourth-order valence-corrected chi connectivity index (χ4v) is 2.38. The van der Waals surface area contributed by atoms with Crippen molar-refractivity contribution in [1.82, 2.24) is 0 Å². The molecule has 1 amide bonds. The number of halogens is 1. The number of ether oxygens (including phenoxy) is 1. The molecule has 0 unspecified atom stereocenters. The summed E-state index contributed by atoms with van der Waals surface area (Å²) in [4.78, 5) is 12.6. The molecule has 0 aromatic heterocycles. The van der Waals surface area contributed by atoms with Gasteiger partial charge in [-0.05, 0) is 30.3 Å². The molecule has 0 heterocycles. The highest BCUT2D eigenvalue weighted by Gasteiger charge is 2.14. The fraction of sp³-hybridized carbons (Fsp3) is 0.0667. The Bertz CT molecular complexity index is 704. The first kappa shape index (κ1) is 15.5. The van der Waals surface area contributed by atoms with Gasteiger partial charge in [-0.15, -0.1) is 0 Å². The average molecular weight is 365 g/mol. The lowest BCUT2D eigenvalue weighted by atomic mass is 10.1. The van der Waals surface area contributed by atoms with E-state index in [-0.39, 0.29) is 10.9 Å². The van der Waals surface area contributed by atoms with Crippen LogP contribution in [0.15, 0.2) is 46.9 Å². The Labute approximate surface area is 136 Å². The van der Waals surface area contributed by atoms with E-state index in [0.717, 1.165) is 4.47 Å². The molecule has 0 spiro atoms. The average Bonchev–Trinajstić information content (AvgIpc) is 2.48. The van der Waals surface area contributed by atoms with E-state index in [4.69, 9.17) is 22.7 Å². The molecule has 0 aliphatic carbocycles. The number of carbonyl (C=O) groups excluding carboxylic acids is 1. The molecule has 0 fully saturated rings. The largest absolute Gasteiger partial charge is 0.496 e. The van der Waals surface area contributed by atoms with E-state index in [2.05, 4.69) is 21.2 Å². The van der Waals surface area contributed by atoms with Crippen molar-refractivity contribution in [3.8, 4) is 5.75 Å². The number of hydrogen-bond donors (Lipinski definition) is 2. The molecule has 0 bridgehead atoms. The zero-order valence-corrected chi connectivity index (χ0v) is 13.6. The van der Waals surface area contributed by atoms with E-state index in [9.17, 15) is 4.79 Å². The lowest BCUT2D eigenvalue weighted by Gasteiger charge is -2.12. The van der Waals surface area contributed by atoms with Crippen molar-refractivity contribution in [1.29, 1.82) is 0 Å². The molecule has 0 atom stereocenters. The molecule has 2 aromatic carbocycles. The topological polar surface area (TPSA) is 64.3 Å². The highest BCUT2D eigenvalue weighted by Crippen LogP contribution is 2.23. The van der Waals surface area contributed by atoms with Crippen LogP contribution in [0.2, 0.25) is 0 Å². The second-order valence-corrected chi connectivity index (χ2v) is 5.56. The van der Waals surface area contributed by atoms with Gasteiger partial charge in [-0.2, -0.15) is 0 Å². The van der Waals surface area contributed by atoms with Crippen LogP contribution in [-0.2, 0) is 0 Å². The zero-order chi connectivity index (χ0) is 15.4. The summed E-state index contributed by atoms with van der Waals surface area (Å²) in [7, 11) is 1.52. The van der Waals surface area contributed by atoms with Crippen molar-refractivity contribution in [3.05, 3.63) is 58.1 Å². The number of para-hydroxylation sites is 1. The van der Waals surface area contributed by atoms with Gasteiger partial charge in [0.2, 0.25) is 0 Å². The van der Waals surface area contributed by atoms with Crippen LogP contribution >= 0.6 is 28.1 Å². The van der Waals surface area contributed by atoms with Gasteiger partial charge in [0, 0.05) is 10.0 Å². The van der Waals surface area contributed by atoms with E-state index < -0.39 is 0 Å². The van der Waals surface area contributed by atoms with Crippen LogP contribution in [0.1, 0.15) is 15.9 Å². The molecule has 21 heavy (non-hydrogen) atoms. The maximum Gasteiger partial charge on any atom is 0.259 e. The highest BCUT2D eigenvalue weighted by molar-refractivity contribution is 9.10. The first-order valence-corrected chi connectivity index (χ1v) is 7.26. The van der Waals surface area contributed by atoms with Gasteiger partial charge in [0.25, 0.3) is 5.91 Å². The molecular weight excluding hydrogens is 352 g/mol. The molecule has 3 N–H and O–H groups in total. The van der Waals surface area contributed by atoms with Gasteiger partial charge < -0.3 is 15.8 Å². The maximum absolute atomic E-state index is 12.4. The maximum atomic E-state index is 12.4. The Kier molecular flexibility index (Phi) is 4.93. The summed E-state index contributed by atoms with van der Waals surface area (Å²) in [6.45, 7) is 0. The highest BCUT2D eigenvalue weighted by atomic mass is 79.9. The van der Waals surface area contributed by atoms with Gasteiger partial charge >= 0.3 is 0 Å².